The lowest BCUT2D eigenvalue weighted by Gasteiger charge is -2.06. The molecule has 3 heteroatoms. The maximum atomic E-state index is 5.97. The number of halogens is 1. The van der Waals surface area contributed by atoms with Crippen molar-refractivity contribution < 1.29 is 0 Å². The van der Waals surface area contributed by atoms with Crippen LogP contribution in [0.4, 0.5) is 0 Å². The van der Waals surface area contributed by atoms with E-state index in [1.807, 2.05) is 25.1 Å². The average molecular weight is 249 g/mol. The Morgan fingerprint density at radius 1 is 1.12 bits per heavy atom. The number of benzene rings is 1. The predicted molar refractivity (Wildman–Crippen MR) is 72.5 cm³/mol. The molecule has 0 saturated carbocycles. The number of fused-ring (bicyclic) bond motifs is 1. The van der Waals surface area contributed by atoms with Crippen LogP contribution in [0.15, 0.2) is 18.2 Å². The third-order valence-corrected chi connectivity index (χ3v) is 3.15. The van der Waals surface area contributed by atoms with Gasteiger partial charge in [-0.1, -0.05) is 31.4 Å². The van der Waals surface area contributed by atoms with Crippen molar-refractivity contribution in [3.63, 3.8) is 0 Å². The summed E-state index contributed by atoms with van der Waals surface area (Å²) in [4.78, 5) is 9.23. The smallest absolute Gasteiger partial charge is 0.0905 e. The second-order valence-corrected chi connectivity index (χ2v) is 4.78. The number of unbranched alkanes of at least 4 members (excludes halogenated alkanes) is 2. The van der Waals surface area contributed by atoms with Crippen LogP contribution < -0.4 is 0 Å². The normalized spacial score (nSPS) is 11.0. The molecule has 2 rings (SSSR count). The molecule has 1 aromatic carbocycles. The molecule has 1 heterocycles. The molecule has 0 radical (unpaired) electrons. The van der Waals surface area contributed by atoms with Crippen molar-refractivity contribution in [3.8, 4) is 0 Å². The second kappa shape index (κ2) is 5.46. The first-order chi connectivity index (χ1) is 8.20. The molecular weight excluding hydrogens is 232 g/mol. The first-order valence-corrected chi connectivity index (χ1v) is 6.51. The molecule has 0 N–H and O–H groups in total. The highest BCUT2D eigenvalue weighted by Gasteiger charge is 2.05. The van der Waals surface area contributed by atoms with Crippen molar-refractivity contribution >= 4 is 22.6 Å². The van der Waals surface area contributed by atoms with E-state index in [0.717, 1.165) is 33.9 Å². The summed E-state index contributed by atoms with van der Waals surface area (Å²) in [6, 6.07) is 5.66. The number of nitrogens with zero attached hydrogens (tertiary/aromatic N) is 2. The molecule has 0 spiro atoms. The van der Waals surface area contributed by atoms with E-state index in [2.05, 4.69) is 16.9 Å². The van der Waals surface area contributed by atoms with Gasteiger partial charge >= 0.3 is 0 Å². The molecule has 1 aromatic heterocycles. The van der Waals surface area contributed by atoms with Gasteiger partial charge < -0.3 is 0 Å². The molecule has 2 nitrogen and oxygen atoms in total. The third kappa shape index (κ3) is 2.95. The Bertz CT molecular complexity index is 523. The van der Waals surface area contributed by atoms with Gasteiger partial charge in [0.15, 0.2) is 0 Å². The van der Waals surface area contributed by atoms with Crippen LogP contribution in [0, 0.1) is 6.92 Å². The molecule has 2 aromatic rings. The minimum atomic E-state index is 0.718. The van der Waals surface area contributed by atoms with Crippen LogP contribution in [0.5, 0.6) is 0 Å². The van der Waals surface area contributed by atoms with Gasteiger partial charge in [-0.2, -0.15) is 0 Å². The molecule has 0 atom stereocenters. The Kier molecular flexibility index (Phi) is 3.95. The van der Waals surface area contributed by atoms with Crippen molar-refractivity contribution in [3.05, 3.63) is 34.6 Å². The topological polar surface area (TPSA) is 25.8 Å². The number of aromatic nitrogens is 2. The highest BCUT2D eigenvalue weighted by Crippen LogP contribution is 2.18. The van der Waals surface area contributed by atoms with E-state index in [1.165, 1.54) is 19.3 Å². The Balaban J connectivity index is 2.32. The number of aryl methyl sites for hydroxylation is 2. The van der Waals surface area contributed by atoms with Crippen molar-refractivity contribution in [1.29, 1.82) is 0 Å². The number of rotatable bonds is 4. The zero-order valence-electron chi connectivity index (χ0n) is 10.3. The van der Waals surface area contributed by atoms with E-state index in [9.17, 15) is 0 Å². The summed E-state index contributed by atoms with van der Waals surface area (Å²) >= 11 is 5.97. The third-order valence-electron chi connectivity index (χ3n) is 2.92. The SMILES string of the molecule is CCCCCc1nc2cc(Cl)ccc2nc1C. The van der Waals surface area contributed by atoms with Crippen LogP contribution in [-0.2, 0) is 6.42 Å². The quantitative estimate of drug-likeness (QED) is 0.753. The monoisotopic (exact) mass is 248 g/mol. The van der Waals surface area contributed by atoms with Crippen molar-refractivity contribution in [2.24, 2.45) is 0 Å². The summed E-state index contributed by atoms with van der Waals surface area (Å²) in [5.41, 5.74) is 3.96. The second-order valence-electron chi connectivity index (χ2n) is 4.35. The summed E-state index contributed by atoms with van der Waals surface area (Å²) < 4.78 is 0. The molecule has 0 unspecified atom stereocenters. The van der Waals surface area contributed by atoms with Crippen molar-refractivity contribution in [1.82, 2.24) is 9.97 Å². The molecule has 0 aliphatic heterocycles. The van der Waals surface area contributed by atoms with Crippen LogP contribution >= 0.6 is 11.6 Å². The molecule has 0 aliphatic rings. The highest BCUT2D eigenvalue weighted by atomic mass is 35.5. The fourth-order valence-electron chi connectivity index (χ4n) is 1.93. The predicted octanol–water partition coefficient (Wildman–Crippen LogP) is 4.32. The highest BCUT2D eigenvalue weighted by molar-refractivity contribution is 6.31. The lowest BCUT2D eigenvalue weighted by Crippen LogP contribution is -1.98. The maximum Gasteiger partial charge on any atom is 0.0905 e. The lowest BCUT2D eigenvalue weighted by molar-refractivity contribution is 0.703. The Hall–Kier alpha value is -1.15. The van der Waals surface area contributed by atoms with E-state index in [1.54, 1.807) is 0 Å². The lowest BCUT2D eigenvalue weighted by atomic mass is 10.1. The minimum absolute atomic E-state index is 0.718. The molecule has 0 amide bonds. The van der Waals surface area contributed by atoms with Gasteiger partial charge in [0, 0.05) is 5.02 Å². The zero-order chi connectivity index (χ0) is 12.3. The summed E-state index contributed by atoms with van der Waals surface area (Å²) in [6.45, 7) is 4.24. The summed E-state index contributed by atoms with van der Waals surface area (Å²) in [6.07, 6.45) is 4.66. The van der Waals surface area contributed by atoms with Crippen LogP contribution in [0.1, 0.15) is 37.6 Å². The minimum Gasteiger partial charge on any atom is -0.250 e. The molecule has 0 fully saturated rings. The van der Waals surface area contributed by atoms with Crippen LogP contribution in [0.2, 0.25) is 5.02 Å². The van der Waals surface area contributed by atoms with E-state index in [-0.39, 0.29) is 0 Å². The standard InChI is InChI=1S/C14H17ClN2/c1-3-4-5-6-12-10(2)16-13-8-7-11(15)9-14(13)17-12/h7-9H,3-6H2,1-2H3. The van der Waals surface area contributed by atoms with Gasteiger partial charge in [0.05, 0.1) is 22.4 Å². The Morgan fingerprint density at radius 2 is 1.94 bits per heavy atom. The van der Waals surface area contributed by atoms with E-state index < -0.39 is 0 Å². The van der Waals surface area contributed by atoms with Crippen LogP contribution in [0.25, 0.3) is 11.0 Å². The first kappa shape index (κ1) is 12.3. The van der Waals surface area contributed by atoms with Gasteiger partial charge in [-0.25, -0.2) is 9.97 Å². The van der Waals surface area contributed by atoms with E-state index in [4.69, 9.17) is 11.6 Å². The molecule has 0 bridgehead atoms. The molecule has 90 valence electrons. The van der Waals surface area contributed by atoms with Crippen LogP contribution in [0.3, 0.4) is 0 Å². The van der Waals surface area contributed by atoms with Gasteiger partial charge in [0.1, 0.15) is 0 Å². The van der Waals surface area contributed by atoms with Gasteiger partial charge in [-0.05, 0) is 38.0 Å². The summed E-state index contributed by atoms with van der Waals surface area (Å²) in [7, 11) is 0. The molecule has 0 aliphatic carbocycles. The summed E-state index contributed by atoms with van der Waals surface area (Å²) in [5.74, 6) is 0. The number of hydrogen-bond donors (Lipinski definition) is 0. The molecular formula is C14H17ClN2. The van der Waals surface area contributed by atoms with Gasteiger partial charge in [0.25, 0.3) is 0 Å². The zero-order valence-corrected chi connectivity index (χ0v) is 11.1. The van der Waals surface area contributed by atoms with Crippen LogP contribution in [-0.4, -0.2) is 9.97 Å². The van der Waals surface area contributed by atoms with Crippen molar-refractivity contribution in [2.75, 3.05) is 0 Å². The molecule has 17 heavy (non-hydrogen) atoms. The summed E-state index contributed by atoms with van der Waals surface area (Å²) in [5, 5.41) is 0.718. The van der Waals surface area contributed by atoms with Gasteiger partial charge in [0.2, 0.25) is 0 Å². The first-order valence-electron chi connectivity index (χ1n) is 6.13. The Morgan fingerprint density at radius 3 is 2.71 bits per heavy atom. The van der Waals surface area contributed by atoms with Crippen molar-refractivity contribution in [2.45, 2.75) is 39.5 Å². The Labute approximate surface area is 107 Å². The average Bonchev–Trinajstić information content (AvgIpc) is 2.31. The fraction of sp³-hybridized carbons (Fsp3) is 0.429. The fourth-order valence-corrected chi connectivity index (χ4v) is 2.10. The largest absolute Gasteiger partial charge is 0.250 e. The number of hydrogen-bond acceptors (Lipinski definition) is 2. The maximum absolute atomic E-state index is 5.97. The van der Waals surface area contributed by atoms with E-state index >= 15 is 0 Å². The van der Waals surface area contributed by atoms with Gasteiger partial charge in [-0.15, -0.1) is 0 Å². The van der Waals surface area contributed by atoms with E-state index in [0.29, 0.717) is 0 Å². The molecule has 0 saturated heterocycles. The van der Waals surface area contributed by atoms with Gasteiger partial charge in [-0.3, -0.25) is 0 Å².